The topological polar surface area (TPSA) is 81.7 Å². The van der Waals surface area contributed by atoms with Gasteiger partial charge in [-0.1, -0.05) is 6.07 Å². The van der Waals surface area contributed by atoms with Crippen LogP contribution in [0.3, 0.4) is 0 Å². The minimum Gasteiger partial charge on any atom is -0.465 e. The minimum absolute atomic E-state index is 0.0906. The molecule has 0 fully saturated rings. The van der Waals surface area contributed by atoms with Crippen LogP contribution in [0.1, 0.15) is 24.2 Å². The van der Waals surface area contributed by atoms with Crippen LogP contribution < -0.4 is 5.32 Å². The van der Waals surface area contributed by atoms with Crippen molar-refractivity contribution >= 4 is 57.3 Å². The lowest BCUT2D eigenvalue weighted by molar-refractivity contribution is -0.139. The first kappa shape index (κ1) is 20.5. The summed E-state index contributed by atoms with van der Waals surface area (Å²) >= 11 is 3.95. The standard InChI is InChI=1S/C17H19NO5S3/c1-3-22-14(20)10-24-9-13(19)18-16-15(17(21)23-4-2)11(8-26-16)12-6-5-7-25-12/h5-8H,3-4,9-10H2,1-2H3,(H,18,19). The molecule has 26 heavy (non-hydrogen) atoms. The Kier molecular flexibility index (Phi) is 8.14. The molecule has 0 aliphatic rings. The molecule has 0 aliphatic heterocycles. The van der Waals surface area contributed by atoms with Gasteiger partial charge in [0, 0.05) is 15.8 Å². The quantitative estimate of drug-likeness (QED) is 0.628. The predicted molar refractivity (Wildman–Crippen MR) is 106 cm³/mol. The van der Waals surface area contributed by atoms with Crippen LogP contribution in [0, 0.1) is 0 Å². The van der Waals surface area contributed by atoms with Gasteiger partial charge in [-0.05, 0) is 25.3 Å². The molecule has 1 amide bonds. The molecule has 0 radical (unpaired) electrons. The smallest absolute Gasteiger partial charge is 0.341 e. The molecule has 6 nitrogen and oxygen atoms in total. The highest BCUT2D eigenvalue weighted by Crippen LogP contribution is 2.38. The maximum atomic E-state index is 12.4. The Morgan fingerprint density at radius 3 is 2.54 bits per heavy atom. The summed E-state index contributed by atoms with van der Waals surface area (Å²) in [7, 11) is 0. The van der Waals surface area contributed by atoms with Crippen LogP contribution in [0.2, 0.25) is 0 Å². The minimum atomic E-state index is -0.466. The molecule has 0 atom stereocenters. The molecule has 0 spiro atoms. The third kappa shape index (κ3) is 5.58. The highest BCUT2D eigenvalue weighted by molar-refractivity contribution is 8.00. The Balaban J connectivity index is 2.07. The highest BCUT2D eigenvalue weighted by Gasteiger charge is 2.23. The zero-order valence-corrected chi connectivity index (χ0v) is 16.9. The van der Waals surface area contributed by atoms with Crippen LogP contribution in [0.15, 0.2) is 22.9 Å². The molecule has 0 aliphatic carbocycles. The Bertz CT molecular complexity index is 755. The lowest BCUT2D eigenvalue weighted by Gasteiger charge is -2.08. The third-order valence-electron chi connectivity index (χ3n) is 3.07. The second-order valence-corrected chi connectivity index (χ2v) is 7.71. The molecule has 140 valence electrons. The average Bonchev–Trinajstić information content (AvgIpc) is 3.24. The van der Waals surface area contributed by atoms with Crippen LogP contribution >= 0.6 is 34.4 Å². The summed E-state index contributed by atoms with van der Waals surface area (Å²) in [5.74, 6) is -0.908. The number of nitrogens with one attached hydrogen (secondary N) is 1. The number of esters is 2. The molecule has 2 heterocycles. The number of anilines is 1. The number of hydrogen-bond donors (Lipinski definition) is 1. The molecule has 1 N–H and O–H groups in total. The van der Waals surface area contributed by atoms with E-state index in [0.717, 1.165) is 22.2 Å². The lowest BCUT2D eigenvalue weighted by atomic mass is 10.1. The van der Waals surface area contributed by atoms with Gasteiger partial charge in [-0.3, -0.25) is 9.59 Å². The van der Waals surface area contributed by atoms with Crippen LogP contribution in [0.4, 0.5) is 5.00 Å². The van der Waals surface area contributed by atoms with E-state index in [9.17, 15) is 14.4 Å². The van der Waals surface area contributed by atoms with Gasteiger partial charge in [-0.25, -0.2) is 4.79 Å². The Morgan fingerprint density at radius 2 is 1.88 bits per heavy atom. The maximum absolute atomic E-state index is 12.4. The van der Waals surface area contributed by atoms with Gasteiger partial charge < -0.3 is 14.8 Å². The normalized spacial score (nSPS) is 10.4. The molecule has 2 rings (SSSR count). The predicted octanol–water partition coefficient (Wildman–Crippen LogP) is 3.89. The SMILES string of the molecule is CCOC(=O)CSCC(=O)Nc1scc(-c2cccs2)c1C(=O)OCC. The number of hydrogen-bond acceptors (Lipinski definition) is 8. The lowest BCUT2D eigenvalue weighted by Crippen LogP contribution is -2.17. The first-order valence-electron chi connectivity index (χ1n) is 7.92. The molecule has 2 aromatic heterocycles. The Morgan fingerprint density at radius 1 is 1.12 bits per heavy atom. The van der Waals surface area contributed by atoms with E-state index in [0.29, 0.717) is 17.2 Å². The van der Waals surface area contributed by atoms with Crippen molar-refractivity contribution in [2.24, 2.45) is 0 Å². The number of ether oxygens (including phenoxy) is 2. The van der Waals surface area contributed by atoms with Crippen LogP contribution in [-0.2, 0) is 19.1 Å². The van der Waals surface area contributed by atoms with E-state index in [2.05, 4.69) is 5.32 Å². The number of amides is 1. The number of carbonyl (C=O) groups excluding carboxylic acids is 3. The summed E-state index contributed by atoms with van der Waals surface area (Å²) in [4.78, 5) is 36.8. The Hall–Kier alpha value is -1.84. The summed E-state index contributed by atoms with van der Waals surface area (Å²) in [6, 6.07) is 3.81. The maximum Gasteiger partial charge on any atom is 0.341 e. The number of thioether (sulfide) groups is 1. The fraction of sp³-hybridized carbons (Fsp3) is 0.353. The zero-order valence-electron chi connectivity index (χ0n) is 14.4. The van der Waals surface area contributed by atoms with E-state index in [-0.39, 0.29) is 30.0 Å². The number of carbonyl (C=O) groups is 3. The summed E-state index contributed by atoms with van der Waals surface area (Å²) in [6.07, 6.45) is 0. The second-order valence-electron chi connectivity index (χ2n) is 4.90. The zero-order chi connectivity index (χ0) is 18.9. The molecule has 0 saturated carbocycles. The van der Waals surface area contributed by atoms with Gasteiger partial charge in [-0.2, -0.15) is 0 Å². The first-order chi connectivity index (χ1) is 12.6. The van der Waals surface area contributed by atoms with Gasteiger partial charge in [0.2, 0.25) is 5.91 Å². The van der Waals surface area contributed by atoms with Crippen LogP contribution in [0.25, 0.3) is 10.4 Å². The van der Waals surface area contributed by atoms with Crippen molar-refractivity contribution in [3.8, 4) is 10.4 Å². The van der Waals surface area contributed by atoms with Gasteiger partial charge in [0.15, 0.2) is 0 Å². The first-order valence-corrected chi connectivity index (χ1v) is 10.8. The molecule has 0 saturated heterocycles. The van der Waals surface area contributed by atoms with Crippen molar-refractivity contribution in [1.29, 1.82) is 0 Å². The fourth-order valence-electron chi connectivity index (χ4n) is 2.06. The van der Waals surface area contributed by atoms with Crippen molar-refractivity contribution in [2.75, 3.05) is 30.0 Å². The van der Waals surface area contributed by atoms with E-state index < -0.39 is 5.97 Å². The van der Waals surface area contributed by atoms with E-state index in [4.69, 9.17) is 9.47 Å². The summed E-state index contributed by atoms with van der Waals surface area (Å²) in [6.45, 7) is 4.03. The van der Waals surface area contributed by atoms with E-state index in [1.807, 2.05) is 22.9 Å². The summed E-state index contributed by atoms with van der Waals surface area (Å²) in [5, 5.41) is 6.96. The Labute approximate surface area is 163 Å². The van der Waals surface area contributed by atoms with Gasteiger partial charge in [-0.15, -0.1) is 34.4 Å². The monoisotopic (exact) mass is 413 g/mol. The molecule has 2 aromatic rings. The van der Waals surface area contributed by atoms with Crippen molar-refractivity contribution in [3.63, 3.8) is 0 Å². The molecule has 9 heteroatoms. The summed E-state index contributed by atoms with van der Waals surface area (Å²) < 4.78 is 9.96. The second kappa shape index (κ2) is 10.3. The average molecular weight is 414 g/mol. The number of thiophene rings is 2. The summed E-state index contributed by atoms with van der Waals surface area (Å²) in [5.41, 5.74) is 1.11. The molecule has 0 unspecified atom stereocenters. The third-order valence-corrected chi connectivity index (χ3v) is 5.77. The van der Waals surface area contributed by atoms with Crippen molar-refractivity contribution in [1.82, 2.24) is 0 Å². The van der Waals surface area contributed by atoms with E-state index in [1.165, 1.54) is 22.7 Å². The highest BCUT2D eigenvalue weighted by atomic mass is 32.2. The largest absolute Gasteiger partial charge is 0.465 e. The van der Waals surface area contributed by atoms with Crippen LogP contribution in [-0.4, -0.2) is 42.6 Å². The van der Waals surface area contributed by atoms with Crippen molar-refractivity contribution in [3.05, 3.63) is 28.5 Å². The molecule has 0 aromatic carbocycles. The molecule has 0 bridgehead atoms. The van der Waals surface area contributed by atoms with Crippen molar-refractivity contribution < 1.29 is 23.9 Å². The van der Waals surface area contributed by atoms with Crippen LogP contribution in [0.5, 0.6) is 0 Å². The van der Waals surface area contributed by atoms with Gasteiger partial charge in [0.1, 0.15) is 10.6 Å². The number of rotatable bonds is 9. The van der Waals surface area contributed by atoms with E-state index >= 15 is 0 Å². The van der Waals surface area contributed by atoms with Gasteiger partial charge in [0.25, 0.3) is 0 Å². The fourth-order valence-corrected chi connectivity index (χ4v) is 4.46. The molecular formula is C17H19NO5S3. The van der Waals surface area contributed by atoms with Gasteiger partial charge >= 0.3 is 11.9 Å². The van der Waals surface area contributed by atoms with E-state index in [1.54, 1.807) is 13.8 Å². The van der Waals surface area contributed by atoms with Crippen molar-refractivity contribution in [2.45, 2.75) is 13.8 Å². The molecular weight excluding hydrogens is 394 g/mol. The van der Waals surface area contributed by atoms with Gasteiger partial charge in [0.05, 0.1) is 24.7 Å².